The number of carbonyl (C=O) groups excluding carboxylic acids is 1. The number of nitrogens with zero attached hydrogens (tertiary/aromatic N) is 4. The minimum Gasteiger partial charge on any atom is -0.347 e. The van der Waals surface area contributed by atoms with Gasteiger partial charge in [0, 0.05) is 41.9 Å². The van der Waals surface area contributed by atoms with Crippen molar-refractivity contribution in [3.05, 3.63) is 60.3 Å². The molecule has 0 saturated heterocycles. The number of fused-ring (bicyclic) bond motifs is 1. The highest BCUT2D eigenvalue weighted by Gasteiger charge is 2.30. The lowest BCUT2D eigenvalue weighted by Gasteiger charge is -2.09. The molecular weight excluding hydrogens is 439 g/mol. The number of thioether (sulfide) groups is 1. The number of hydrogen-bond acceptors (Lipinski definition) is 4. The van der Waals surface area contributed by atoms with Crippen molar-refractivity contribution in [2.75, 3.05) is 11.1 Å². The van der Waals surface area contributed by atoms with Crippen LogP contribution in [0, 0.1) is 0 Å². The number of alkyl halides is 3. The number of carbonyl (C=O) groups is 1. The van der Waals surface area contributed by atoms with Crippen LogP contribution in [0.3, 0.4) is 0 Å². The summed E-state index contributed by atoms with van der Waals surface area (Å²) < 4.78 is 42.5. The van der Waals surface area contributed by atoms with Crippen LogP contribution < -0.4 is 5.32 Å². The molecule has 2 aromatic heterocycles. The van der Waals surface area contributed by atoms with Gasteiger partial charge in [-0.2, -0.15) is 13.2 Å². The van der Waals surface area contributed by atoms with Crippen LogP contribution in [0.25, 0.3) is 22.3 Å². The molecule has 6 nitrogen and oxygen atoms in total. The molecule has 2 heterocycles. The Balaban J connectivity index is 1.48. The molecule has 10 heteroatoms. The van der Waals surface area contributed by atoms with Gasteiger partial charge in [0.15, 0.2) is 11.0 Å². The average molecular weight is 459 g/mol. The van der Waals surface area contributed by atoms with Gasteiger partial charge in [-0.25, -0.2) is 0 Å². The largest absolute Gasteiger partial charge is 0.416 e. The smallest absolute Gasteiger partial charge is 0.347 e. The molecule has 4 aromatic rings. The number of aryl methyl sites for hydroxylation is 1. The van der Waals surface area contributed by atoms with Crippen molar-refractivity contribution >= 4 is 34.3 Å². The lowest BCUT2D eigenvalue weighted by atomic mass is 10.1. The Kier molecular flexibility index (Phi) is 5.96. The van der Waals surface area contributed by atoms with Crippen LogP contribution >= 0.6 is 11.8 Å². The van der Waals surface area contributed by atoms with Crippen LogP contribution in [0.5, 0.6) is 0 Å². The van der Waals surface area contributed by atoms with E-state index in [1.165, 1.54) is 23.9 Å². The zero-order valence-corrected chi connectivity index (χ0v) is 18.2. The summed E-state index contributed by atoms with van der Waals surface area (Å²) in [6.45, 7) is 2.88. The zero-order chi connectivity index (χ0) is 22.9. The maximum atomic E-state index is 12.8. The van der Waals surface area contributed by atoms with Crippen molar-refractivity contribution in [3.8, 4) is 11.4 Å². The molecule has 0 radical (unpaired) electrons. The summed E-state index contributed by atoms with van der Waals surface area (Å²) >= 11 is 1.17. The van der Waals surface area contributed by atoms with E-state index >= 15 is 0 Å². The number of benzene rings is 2. The summed E-state index contributed by atoms with van der Waals surface area (Å²) in [6.07, 6.45) is -2.44. The van der Waals surface area contributed by atoms with Crippen molar-refractivity contribution in [3.63, 3.8) is 0 Å². The molecule has 0 unspecified atom stereocenters. The molecule has 0 aliphatic rings. The Labute approximate surface area is 186 Å². The van der Waals surface area contributed by atoms with E-state index in [1.54, 1.807) is 0 Å². The summed E-state index contributed by atoms with van der Waals surface area (Å²) in [5.74, 6) is 0.231. The normalized spacial score (nSPS) is 11.8. The third-order valence-electron chi connectivity index (χ3n) is 5.01. The third kappa shape index (κ3) is 4.36. The molecule has 1 N–H and O–H groups in total. The van der Waals surface area contributed by atoms with E-state index in [-0.39, 0.29) is 11.4 Å². The Morgan fingerprint density at radius 2 is 1.91 bits per heavy atom. The van der Waals surface area contributed by atoms with Crippen molar-refractivity contribution in [1.82, 2.24) is 19.3 Å². The third-order valence-corrected chi connectivity index (χ3v) is 6.03. The van der Waals surface area contributed by atoms with Crippen LogP contribution in [0.4, 0.5) is 18.9 Å². The molecule has 0 spiro atoms. The Morgan fingerprint density at radius 1 is 1.12 bits per heavy atom. The second-order valence-corrected chi connectivity index (χ2v) is 8.07. The molecule has 0 bridgehead atoms. The summed E-state index contributed by atoms with van der Waals surface area (Å²) in [5, 5.41) is 12.6. The highest BCUT2D eigenvalue weighted by molar-refractivity contribution is 7.99. The number of aromatic nitrogens is 4. The van der Waals surface area contributed by atoms with E-state index in [4.69, 9.17) is 0 Å². The molecule has 0 aliphatic heterocycles. The molecule has 0 aliphatic carbocycles. The van der Waals surface area contributed by atoms with Crippen LogP contribution in [0.1, 0.15) is 12.5 Å². The first-order valence-corrected chi connectivity index (χ1v) is 10.8. The zero-order valence-electron chi connectivity index (χ0n) is 17.3. The monoisotopic (exact) mass is 459 g/mol. The molecule has 2 aromatic carbocycles. The highest BCUT2D eigenvalue weighted by atomic mass is 32.2. The van der Waals surface area contributed by atoms with Crippen LogP contribution in [0.15, 0.2) is 59.9 Å². The lowest BCUT2D eigenvalue weighted by Crippen LogP contribution is -2.15. The summed E-state index contributed by atoms with van der Waals surface area (Å²) in [6, 6.07) is 12.6. The standard InChI is InChI=1S/C22H20F3N5OS/c1-3-30-12-17(16-9-4-5-10-18(16)30)20-27-28-21(29(20)2)32-13-19(31)26-15-8-6-7-14(11-15)22(23,24)25/h4-12H,3,13H2,1-2H3,(H,26,31). The maximum Gasteiger partial charge on any atom is 0.416 e. The van der Waals surface area contributed by atoms with Crippen molar-refractivity contribution in [2.24, 2.45) is 7.05 Å². The van der Waals surface area contributed by atoms with Crippen LogP contribution in [-0.4, -0.2) is 31.0 Å². The van der Waals surface area contributed by atoms with Crippen LogP contribution in [-0.2, 0) is 24.6 Å². The Hall–Kier alpha value is -3.27. The summed E-state index contributed by atoms with van der Waals surface area (Å²) in [7, 11) is 1.82. The first-order valence-electron chi connectivity index (χ1n) is 9.85. The number of hydrogen-bond donors (Lipinski definition) is 1. The van der Waals surface area contributed by atoms with E-state index in [0.717, 1.165) is 35.1 Å². The maximum absolute atomic E-state index is 12.8. The predicted molar refractivity (Wildman–Crippen MR) is 118 cm³/mol. The lowest BCUT2D eigenvalue weighted by molar-refractivity contribution is -0.137. The predicted octanol–water partition coefficient (Wildman–Crippen LogP) is 5.21. The number of halogens is 3. The molecule has 32 heavy (non-hydrogen) atoms. The van der Waals surface area contributed by atoms with Crippen molar-refractivity contribution in [2.45, 2.75) is 24.8 Å². The van der Waals surface area contributed by atoms with Gasteiger partial charge in [-0.1, -0.05) is 36.0 Å². The van der Waals surface area contributed by atoms with Gasteiger partial charge in [-0.3, -0.25) is 4.79 Å². The molecule has 4 rings (SSSR count). The summed E-state index contributed by atoms with van der Waals surface area (Å²) in [5.41, 5.74) is 1.32. The molecule has 166 valence electrons. The minimum absolute atomic E-state index is 0.0149. The van der Waals surface area contributed by atoms with E-state index in [2.05, 4.69) is 27.0 Å². The van der Waals surface area contributed by atoms with Gasteiger partial charge in [0.1, 0.15) is 0 Å². The molecule has 1 amide bonds. The molecule has 0 atom stereocenters. The fourth-order valence-electron chi connectivity index (χ4n) is 3.46. The van der Waals surface area contributed by atoms with Crippen LogP contribution in [0.2, 0.25) is 0 Å². The van der Waals surface area contributed by atoms with Gasteiger partial charge in [0.25, 0.3) is 0 Å². The number of amides is 1. The highest BCUT2D eigenvalue weighted by Crippen LogP contribution is 2.32. The first kappa shape index (κ1) is 21.9. The first-order chi connectivity index (χ1) is 15.3. The topological polar surface area (TPSA) is 64.7 Å². The fourth-order valence-corrected chi connectivity index (χ4v) is 4.17. The van der Waals surface area contributed by atoms with E-state index in [0.29, 0.717) is 11.0 Å². The van der Waals surface area contributed by atoms with E-state index in [9.17, 15) is 18.0 Å². The quantitative estimate of drug-likeness (QED) is 0.402. The Bertz CT molecular complexity index is 1280. The SMILES string of the molecule is CCn1cc(-c2nnc(SCC(=O)Nc3cccc(C(F)(F)F)c3)n2C)c2ccccc21. The molecular formula is C22H20F3N5OS. The van der Waals surface area contributed by atoms with E-state index in [1.807, 2.05) is 42.1 Å². The second-order valence-electron chi connectivity index (χ2n) is 7.13. The molecule has 0 fully saturated rings. The van der Waals surface area contributed by atoms with Gasteiger partial charge in [-0.05, 0) is 31.2 Å². The Morgan fingerprint density at radius 3 is 2.66 bits per heavy atom. The number of rotatable bonds is 6. The summed E-state index contributed by atoms with van der Waals surface area (Å²) in [4.78, 5) is 12.3. The number of para-hydroxylation sites is 1. The van der Waals surface area contributed by atoms with E-state index < -0.39 is 17.6 Å². The van der Waals surface area contributed by atoms with Crippen molar-refractivity contribution < 1.29 is 18.0 Å². The average Bonchev–Trinajstić information content (AvgIpc) is 3.32. The van der Waals surface area contributed by atoms with Crippen molar-refractivity contribution in [1.29, 1.82) is 0 Å². The fraction of sp³-hybridized carbons (Fsp3) is 0.227. The van der Waals surface area contributed by atoms with Gasteiger partial charge in [0.05, 0.1) is 11.3 Å². The minimum atomic E-state index is -4.47. The number of nitrogens with one attached hydrogen (secondary N) is 1. The van der Waals surface area contributed by atoms with Gasteiger partial charge in [0.2, 0.25) is 5.91 Å². The molecule has 0 saturated carbocycles. The van der Waals surface area contributed by atoms with Gasteiger partial charge in [-0.15, -0.1) is 10.2 Å². The second kappa shape index (κ2) is 8.70. The van der Waals surface area contributed by atoms with Gasteiger partial charge >= 0.3 is 6.18 Å². The number of anilines is 1. The van der Waals surface area contributed by atoms with Gasteiger partial charge < -0.3 is 14.5 Å².